The lowest BCUT2D eigenvalue weighted by molar-refractivity contribution is -0.222. The van der Waals surface area contributed by atoms with E-state index in [1.54, 1.807) is 0 Å². The lowest BCUT2D eigenvalue weighted by atomic mass is 9.43. The van der Waals surface area contributed by atoms with Crippen LogP contribution in [0.1, 0.15) is 78.6 Å². The molecular formula is C24H40O8S. The van der Waals surface area contributed by atoms with Crippen molar-refractivity contribution in [3.8, 4) is 0 Å². The zero-order valence-corrected chi connectivity index (χ0v) is 20.7. The summed E-state index contributed by atoms with van der Waals surface area (Å²) >= 11 is 0. The van der Waals surface area contributed by atoms with E-state index in [0.717, 1.165) is 25.7 Å². The molecule has 8 nitrogen and oxygen atoms in total. The van der Waals surface area contributed by atoms with Crippen LogP contribution in [0.25, 0.3) is 0 Å². The fourth-order valence-electron chi connectivity index (χ4n) is 9.01. The predicted octanol–water partition coefficient (Wildman–Crippen LogP) is 3.28. The number of carboxylic acids is 1. The molecule has 4 fully saturated rings. The Morgan fingerprint density at radius 1 is 1.00 bits per heavy atom. The van der Waals surface area contributed by atoms with E-state index < -0.39 is 34.7 Å². The van der Waals surface area contributed by atoms with Gasteiger partial charge in [0.25, 0.3) is 0 Å². The van der Waals surface area contributed by atoms with Gasteiger partial charge in [-0.1, -0.05) is 20.8 Å². The molecule has 4 N–H and O–H groups in total. The Hall–Kier alpha value is -0.740. The minimum atomic E-state index is -4.56. The average Bonchev–Trinajstić information content (AvgIpc) is 3.07. The quantitative estimate of drug-likeness (QED) is 0.417. The van der Waals surface area contributed by atoms with E-state index in [4.69, 9.17) is 13.8 Å². The van der Waals surface area contributed by atoms with Crippen molar-refractivity contribution in [2.24, 2.45) is 46.3 Å². The van der Waals surface area contributed by atoms with Gasteiger partial charge in [0.2, 0.25) is 0 Å². The van der Waals surface area contributed by atoms with E-state index in [1.807, 2.05) is 0 Å². The van der Waals surface area contributed by atoms with Gasteiger partial charge in [0.1, 0.15) is 0 Å². The van der Waals surface area contributed by atoms with Gasteiger partial charge in [-0.25, -0.2) is 4.18 Å². The number of rotatable bonds is 6. The molecule has 4 rings (SSSR count). The molecule has 0 radical (unpaired) electrons. The minimum absolute atomic E-state index is 0.0179. The van der Waals surface area contributed by atoms with E-state index >= 15 is 0 Å². The number of hydrogen-bond acceptors (Lipinski definition) is 6. The lowest BCUT2D eigenvalue weighted by Gasteiger charge is -2.63. The molecule has 9 heteroatoms. The van der Waals surface area contributed by atoms with Crippen LogP contribution in [-0.2, 0) is 19.4 Å². The number of carbonyl (C=O) groups is 1. The van der Waals surface area contributed by atoms with Crippen molar-refractivity contribution in [3.63, 3.8) is 0 Å². The Kier molecular flexibility index (Phi) is 6.71. The number of aliphatic hydroxyl groups excluding tert-OH is 2. The van der Waals surface area contributed by atoms with E-state index in [1.165, 1.54) is 0 Å². The van der Waals surface area contributed by atoms with E-state index in [-0.39, 0.29) is 40.9 Å². The number of aliphatic carboxylic acids is 1. The van der Waals surface area contributed by atoms with Crippen LogP contribution < -0.4 is 0 Å². The van der Waals surface area contributed by atoms with Gasteiger partial charge in [0, 0.05) is 6.42 Å². The van der Waals surface area contributed by atoms with Crippen LogP contribution in [0.2, 0.25) is 0 Å². The summed E-state index contributed by atoms with van der Waals surface area (Å²) in [5.41, 5.74) is -0.203. The topological polar surface area (TPSA) is 141 Å². The summed E-state index contributed by atoms with van der Waals surface area (Å²) in [5.74, 6) is 0.164. The third-order valence-corrected chi connectivity index (χ3v) is 11.1. The van der Waals surface area contributed by atoms with Crippen LogP contribution >= 0.6 is 0 Å². The second kappa shape index (κ2) is 8.73. The fourth-order valence-corrected chi connectivity index (χ4v) is 9.53. The van der Waals surface area contributed by atoms with Gasteiger partial charge >= 0.3 is 16.4 Å². The standard InChI is InChI=1S/C24H40O8S/c1-13(4-7-19(25)26)15-5-6-16-20-17(9-11-23(15,16)2)24(3)10-8-14(32-33(29,30)31)12-18(24)21(27)22(20)28/h13-18,20-22,27-28H,4-12H2,1-3H3,(H,25,26)(H,29,30,31)/t13-,14-,15-,16+,17+,18+,20+,21-,22+,23-,24-/m1/s1. The monoisotopic (exact) mass is 488 g/mol. The summed E-state index contributed by atoms with van der Waals surface area (Å²) in [6, 6.07) is 0. The molecule has 0 bridgehead atoms. The van der Waals surface area contributed by atoms with Gasteiger partial charge in [-0.3, -0.25) is 9.35 Å². The maximum atomic E-state index is 11.4. The Morgan fingerprint density at radius 2 is 1.64 bits per heavy atom. The van der Waals surface area contributed by atoms with Crippen LogP contribution in [0.15, 0.2) is 0 Å². The Bertz CT molecular complexity index is 861. The predicted molar refractivity (Wildman–Crippen MR) is 120 cm³/mol. The van der Waals surface area contributed by atoms with Gasteiger partial charge in [-0.2, -0.15) is 8.42 Å². The molecule has 33 heavy (non-hydrogen) atoms. The molecule has 4 saturated carbocycles. The average molecular weight is 489 g/mol. The molecule has 4 aliphatic rings. The smallest absolute Gasteiger partial charge is 0.397 e. The fraction of sp³-hybridized carbons (Fsp3) is 0.958. The van der Waals surface area contributed by atoms with Gasteiger partial charge in [0.05, 0.1) is 18.3 Å². The van der Waals surface area contributed by atoms with Gasteiger partial charge < -0.3 is 15.3 Å². The normalized spacial score (nSPS) is 48.4. The summed E-state index contributed by atoms with van der Waals surface area (Å²) in [6.45, 7) is 6.65. The second-order valence-electron chi connectivity index (χ2n) is 11.9. The molecule has 0 saturated heterocycles. The highest BCUT2D eigenvalue weighted by Crippen LogP contribution is 2.68. The third kappa shape index (κ3) is 4.37. The Labute approximate surface area is 197 Å². The van der Waals surface area contributed by atoms with Crippen molar-refractivity contribution in [1.82, 2.24) is 0 Å². The summed E-state index contributed by atoms with van der Waals surface area (Å²) in [7, 11) is -4.56. The van der Waals surface area contributed by atoms with Crippen molar-refractivity contribution in [1.29, 1.82) is 0 Å². The molecule has 0 aliphatic heterocycles. The van der Waals surface area contributed by atoms with Gasteiger partial charge in [-0.15, -0.1) is 0 Å². The summed E-state index contributed by atoms with van der Waals surface area (Å²) in [6.07, 6.45) is 3.78. The van der Waals surface area contributed by atoms with E-state index in [2.05, 4.69) is 20.8 Å². The first-order chi connectivity index (χ1) is 15.3. The number of hydrogen-bond donors (Lipinski definition) is 4. The third-order valence-electron chi connectivity index (χ3n) is 10.5. The Balaban J connectivity index is 1.56. The summed E-state index contributed by atoms with van der Waals surface area (Å²) in [4.78, 5) is 11.1. The number of carboxylic acid groups (broad SMARTS) is 1. The molecule has 0 aromatic carbocycles. The van der Waals surface area contributed by atoms with Crippen LogP contribution in [-0.4, -0.2) is 52.6 Å². The van der Waals surface area contributed by atoms with Crippen molar-refractivity contribution in [2.75, 3.05) is 0 Å². The maximum Gasteiger partial charge on any atom is 0.397 e. The van der Waals surface area contributed by atoms with Gasteiger partial charge in [0.15, 0.2) is 0 Å². The molecule has 4 aliphatic carbocycles. The van der Waals surface area contributed by atoms with Crippen LogP contribution in [0.4, 0.5) is 0 Å². The molecule has 0 aromatic heterocycles. The molecule has 11 atom stereocenters. The molecule has 0 spiro atoms. The first-order valence-corrected chi connectivity index (χ1v) is 13.9. The van der Waals surface area contributed by atoms with Crippen molar-refractivity contribution >= 4 is 16.4 Å². The van der Waals surface area contributed by atoms with Crippen LogP contribution in [0.3, 0.4) is 0 Å². The highest BCUT2D eigenvalue weighted by atomic mass is 32.3. The molecule has 0 amide bonds. The van der Waals surface area contributed by atoms with Crippen molar-refractivity contribution in [3.05, 3.63) is 0 Å². The summed E-state index contributed by atoms with van der Waals surface area (Å²) < 4.78 is 36.4. The zero-order chi connectivity index (χ0) is 24.3. The number of aliphatic hydroxyl groups is 2. The molecule has 0 heterocycles. The van der Waals surface area contributed by atoms with Crippen LogP contribution in [0, 0.1) is 46.3 Å². The molecule has 0 aromatic rings. The highest BCUT2D eigenvalue weighted by molar-refractivity contribution is 7.80. The summed E-state index contributed by atoms with van der Waals surface area (Å²) in [5, 5.41) is 31.7. The maximum absolute atomic E-state index is 11.4. The van der Waals surface area contributed by atoms with Crippen molar-refractivity contribution in [2.45, 2.75) is 96.9 Å². The molecular weight excluding hydrogens is 448 g/mol. The van der Waals surface area contributed by atoms with Crippen LogP contribution in [0.5, 0.6) is 0 Å². The van der Waals surface area contributed by atoms with Crippen molar-refractivity contribution < 1.29 is 37.3 Å². The first kappa shape index (κ1) is 25.4. The first-order valence-electron chi connectivity index (χ1n) is 12.5. The minimum Gasteiger partial charge on any atom is -0.481 e. The SMILES string of the molecule is C[C@H](CCC(=O)O)[C@H]1CC[C@H]2[C@@H]3[C@H](O)[C@H](O)[C@@H]4C[C@H](OS(=O)(=O)O)CC[C@]4(C)[C@H]3CC[C@]12C. The molecule has 0 unspecified atom stereocenters. The lowest BCUT2D eigenvalue weighted by Crippen LogP contribution is -2.64. The van der Waals surface area contributed by atoms with E-state index in [9.17, 15) is 23.4 Å². The van der Waals surface area contributed by atoms with Gasteiger partial charge in [-0.05, 0) is 97.7 Å². The molecule has 190 valence electrons. The largest absolute Gasteiger partial charge is 0.481 e. The van der Waals surface area contributed by atoms with E-state index in [0.29, 0.717) is 37.5 Å². The Morgan fingerprint density at radius 3 is 2.27 bits per heavy atom. The zero-order valence-electron chi connectivity index (χ0n) is 19.9. The number of fused-ring (bicyclic) bond motifs is 5. The highest BCUT2D eigenvalue weighted by Gasteiger charge is 2.65. The second-order valence-corrected chi connectivity index (χ2v) is 13.0.